The standard InChI is InChI=1S/C18H24BrN3O2/c1-20-18(23)8-5-12-3-6-14(7-4-12)22-11-13-9-15(19)17(24-2)10-16(13)21-22/h9-12,14H,3-8H2,1-2H3,(H,20,23)/t12-,14+. The number of ether oxygens (including phenoxy) is 1. The molecule has 6 heteroatoms. The quantitative estimate of drug-likeness (QED) is 0.832. The highest BCUT2D eigenvalue weighted by molar-refractivity contribution is 9.10. The van der Waals surface area contributed by atoms with Crippen molar-refractivity contribution in [2.45, 2.75) is 44.6 Å². The number of halogens is 1. The smallest absolute Gasteiger partial charge is 0.219 e. The number of carbonyl (C=O) groups is 1. The first-order chi connectivity index (χ1) is 11.6. The summed E-state index contributed by atoms with van der Waals surface area (Å²) in [6, 6.07) is 4.50. The Balaban J connectivity index is 1.64. The summed E-state index contributed by atoms with van der Waals surface area (Å²) in [7, 11) is 3.37. The van der Waals surface area contributed by atoms with Gasteiger partial charge < -0.3 is 10.1 Å². The second-order valence-electron chi connectivity index (χ2n) is 6.54. The lowest BCUT2D eigenvalue weighted by atomic mass is 9.83. The molecule has 1 aromatic carbocycles. The molecule has 0 radical (unpaired) electrons. The Kier molecular flexibility index (Phi) is 5.43. The molecule has 0 unspecified atom stereocenters. The zero-order chi connectivity index (χ0) is 17.1. The Labute approximate surface area is 150 Å². The molecule has 2 aromatic rings. The number of methoxy groups -OCH3 is 1. The van der Waals surface area contributed by atoms with E-state index < -0.39 is 0 Å². The van der Waals surface area contributed by atoms with E-state index in [-0.39, 0.29) is 5.91 Å². The minimum atomic E-state index is 0.148. The number of hydrogen-bond acceptors (Lipinski definition) is 3. The van der Waals surface area contributed by atoms with Gasteiger partial charge in [-0.2, -0.15) is 5.10 Å². The maximum Gasteiger partial charge on any atom is 0.219 e. The summed E-state index contributed by atoms with van der Waals surface area (Å²) < 4.78 is 8.42. The topological polar surface area (TPSA) is 56.2 Å². The van der Waals surface area contributed by atoms with Crippen LogP contribution in [0, 0.1) is 5.92 Å². The number of benzene rings is 1. The molecule has 3 rings (SSSR count). The lowest BCUT2D eigenvalue weighted by Gasteiger charge is -2.28. The van der Waals surface area contributed by atoms with E-state index in [4.69, 9.17) is 9.84 Å². The van der Waals surface area contributed by atoms with Crippen molar-refractivity contribution in [3.8, 4) is 5.75 Å². The number of aromatic nitrogens is 2. The fourth-order valence-corrected chi connectivity index (χ4v) is 4.07. The normalized spacial score (nSPS) is 21.0. The molecule has 1 aliphatic rings. The van der Waals surface area contributed by atoms with Gasteiger partial charge in [-0.1, -0.05) is 0 Å². The minimum Gasteiger partial charge on any atom is -0.495 e. The molecule has 0 aliphatic heterocycles. The van der Waals surface area contributed by atoms with Crippen LogP contribution in [0.2, 0.25) is 0 Å². The highest BCUT2D eigenvalue weighted by Gasteiger charge is 2.23. The highest BCUT2D eigenvalue weighted by atomic mass is 79.9. The molecule has 1 fully saturated rings. The average molecular weight is 394 g/mol. The van der Waals surface area contributed by atoms with Gasteiger partial charge in [0.25, 0.3) is 0 Å². The molecule has 1 aliphatic carbocycles. The average Bonchev–Trinajstić information content (AvgIpc) is 3.01. The zero-order valence-corrected chi connectivity index (χ0v) is 15.8. The third kappa shape index (κ3) is 3.74. The van der Waals surface area contributed by atoms with Crippen LogP contribution in [0.3, 0.4) is 0 Å². The molecule has 0 spiro atoms. The largest absolute Gasteiger partial charge is 0.495 e. The summed E-state index contributed by atoms with van der Waals surface area (Å²) in [4.78, 5) is 11.4. The monoisotopic (exact) mass is 393 g/mol. The lowest BCUT2D eigenvalue weighted by Crippen LogP contribution is -2.22. The van der Waals surface area contributed by atoms with Crippen LogP contribution >= 0.6 is 15.9 Å². The van der Waals surface area contributed by atoms with E-state index in [0.29, 0.717) is 18.4 Å². The van der Waals surface area contributed by atoms with Crippen molar-refractivity contribution in [1.29, 1.82) is 0 Å². The molecular weight excluding hydrogens is 370 g/mol. The molecule has 130 valence electrons. The van der Waals surface area contributed by atoms with E-state index in [2.05, 4.69) is 38.2 Å². The predicted octanol–water partition coefficient (Wildman–Crippen LogP) is 4.06. The SMILES string of the molecule is CNC(=O)CC[C@H]1CC[C@@H](n2cc3cc(Br)c(OC)cc3n2)CC1. The van der Waals surface area contributed by atoms with Gasteiger partial charge in [0, 0.05) is 31.1 Å². The van der Waals surface area contributed by atoms with Crippen LogP contribution in [0.15, 0.2) is 22.8 Å². The second-order valence-corrected chi connectivity index (χ2v) is 7.40. The molecule has 1 saturated carbocycles. The Morgan fingerprint density at radius 2 is 2.12 bits per heavy atom. The third-order valence-corrected chi connectivity index (χ3v) is 5.66. The number of amides is 1. The number of rotatable bonds is 5. The summed E-state index contributed by atoms with van der Waals surface area (Å²) in [6.07, 6.45) is 8.38. The van der Waals surface area contributed by atoms with Crippen LogP contribution in [0.25, 0.3) is 10.9 Å². The van der Waals surface area contributed by atoms with Crippen molar-refractivity contribution < 1.29 is 9.53 Å². The zero-order valence-electron chi connectivity index (χ0n) is 14.2. The minimum absolute atomic E-state index is 0.148. The molecule has 1 N–H and O–H groups in total. The van der Waals surface area contributed by atoms with Crippen LogP contribution in [0.4, 0.5) is 0 Å². The Morgan fingerprint density at radius 1 is 1.38 bits per heavy atom. The summed E-state index contributed by atoms with van der Waals surface area (Å²) in [6.45, 7) is 0. The summed E-state index contributed by atoms with van der Waals surface area (Å²) in [5.41, 5.74) is 0.969. The van der Waals surface area contributed by atoms with Crippen molar-refractivity contribution in [2.24, 2.45) is 5.92 Å². The molecule has 1 heterocycles. The van der Waals surface area contributed by atoms with Gasteiger partial charge >= 0.3 is 0 Å². The second kappa shape index (κ2) is 7.55. The molecule has 0 saturated heterocycles. The molecule has 0 bridgehead atoms. The summed E-state index contributed by atoms with van der Waals surface area (Å²) in [5, 5.41) is 8.58. The molecule has 1 amide bonds. The first-order valence-corrected chi connectivity index (χ1v) is 9.33. The molecule has 1 aromatic heterocycles. The Hall–Kier alpha value is -1.56. The lowest BCUT2D eigenvalue weighted by molar-refractivity contribution is -0.120. The highest BCUT2D eigenvalue weighted by Crippen LogP contribution is 2.36. The number of carbonyl (C=O) groups excluding carboxylic acids is 1. The van der Waals surface area contributed by atoms with Crippen LogP contribution in [-0.4, -0.2) is 29.8 Å². The first-order valence-electron chi connectivity index (χ1n) is 8.53. The Bertz CT molecular complexity index is 720. The molecular formula is C18H24BrN3O2. The maximum absolute atomic E-state index is 11.4. The molecule has 5 nitrogen and oxygen atoms in total. The van der Waals surface area contributed by atoms with Gasteiger partial charge in [0.15, 0.2) is 0 Å². The van der Waals surface area contributed by atoms with E-state index in [1.54, 1.807) is 14.2 Å². The number of fused-ring (bicyclic) bond motifs is 1. The van der Waals surface area contributed by atoms with Crippen LogP contribution in [0.1, 0.15) is 44.6 Å². The van der Waals surface area contributed by atoms with Gasteiger partial charge in [0.05, 0.1) is 23.1 Å². The van der Waals surface area contributed by atoms with E-state index in [0.717, 1.165) is 40.4 Å². The maximum atomic E-state index is 11.4. The first kappa shape index (κ1) is 17.3. The van der Waals surface area contributed by atoms with Crippen LogP contribution in [-0.2, 0) is 4.79 Å². The Morgan fingerprint density at radius 3 is 2.79 bits per heavy atom. The van der Waals surface area contributed by atoms with Gasteiger partial charge in [-0.3, -0.25) is 9.48 Å². The van der Waals surface area contributed by atoms with Crippen molar-refractivity contribution in [2.75, 3.05) is 14.2 Å². The van der Waals surface area contributed by atoms with Gasteiger partial charge in [-0.15, -0.1) is 0 Å². The predicted molar refractivity (Wildman–Crippen MR) is 98.3 cm³/mol. The summed E-state index contributed by atoms with van der Waals surface area (Å²) >= 11 is 3.53. The van der Waals surface area contributed by atoms with Gasteiger partial charge in [0.1, 0.15) is 5.75 Å². The van der Waals surface area contributed by atoms with E-state index >= 15 is 0 Å². The number of nitrogens with zero attached hydrogens (tertiary/aromatic N) is 2. The molecule has 24 heavy (non-hydrogen) atoms. The van der Waals surface area contributed by atoms with Crippen molar-refractivity contribution in [3.63, 3.8) is 0 Å². The van der Waals surface area contributed by atoms with Crippen molar-refractivity contribution in [1.82, 2.24) is 15.1 Å². The van der Waals surface area contributed by atoms with Gasteiger partial charge in [0.2, 0.25) is 5.91 Å². The fourth-order valence-electron chi connectivity index (χ4n) is 3.55. The van der Waals surface area contributed by atoms with Crippen LogP contribution in [0.5, 0.6) is 5.75 Å². The van der Waals surface area contributed by atoms with Gasteiger partial charge in [-0.05, 0) is 60.0 Å². The van der Waals surface area contributed by atoms with E-state index in [9.17, 15) is 4.79 Å². The van der Waals surface area contributed by atoms with E-state index in [1.807, 2.05) is 6.07 Å². The van der Waals surface area contributed by atoms with Gasteiger partial charge in [-0.25, -0.2) is 0 Å². The van der Waals surface area contributed by atoms with Crippen molar-refractivity contribution in [3.05, 3.63) is 22.8 Å². The summed E-state index contributed by atoms with van der Waals surface area (Å²) in [5.74, 6) is 1.62. The van der Waals surface area contributed by atoms with Crippen LogP contribution < -0.4 is 10.1 Å². The fraction of sp³-hybridized carbons (Fsp3) is 0.556. The number of nitrogens with one attached hydrogen (secondary N) is 1. The van der Waals surface area contributed by atoms with Crippen molar-refractivity contribution >= 4 is 32.7 Å². The van der Waals surface area contributed by atoms with E-state index in [1.165, 1.54) is 12.8 Å². The third-order valence-electron chi connectivity index (χ3n) is 5.04. The molecule has 0 atom stereocenters. The number of hydrogen-bond donors (Lipinski definition) is 1.